The Bertz CT molecular complexity index is 1290. The number of anilines is 2. The number of pyridine rings is 1. The van der Waals surface area contributed by atoms with Gasteiger partial charge in [-0.25, -0.2) is 9.50 Å². The molecular formula is C23H22N6S. The highest BCUT2D eigenvalue weighted by Crippen LogP contribution is 2.39. The van der Waals surface area contributed by atoms with E-state index in [2.05, 4.69) is 21.5 Å². The van der Waals surface area contributed by atoms with Crippen LogP contribution < -0.4 is 5.32 Å². The maximum atomic E-state index is 5.60. The normalized spacial score (nSPS) is 14.8. The lowest BCUT2D eigenvalue weighted by Crippen LogP contribution is -2.03. The van der Waals surface area contributed by atoms with Crippen molar-refractivity contribution in [1.82, 2.24) is 24.6 Å². The highest BCUT2D eigenvalue weighted by atomic mass is 32.1. The monoisotopic (exact) mass is 414 g/mol. The van der Waals surface area contributed by atoms with Crippen LogP contribution in [-0.4, -0.2) is 24.6 Å². The Hall–Kier alpha value is -3.06. The van der Waals surface area contributed by atoms with Crippen LogP contribution in [0.5, 0.6) is 0 Å². The summed E-state index contributed by atoms with van der Waals surface area (Å²) in [7, 11) is 0. The largest absolute Gasteiger partial charge is 0.324 e. The summed E-state index contributed by atoms with van der Waals surface area (Å²) in [6.45, 7) is 0. The lowest BCUT2D eigenvalue weighted by Gasteiger charge is -2.15. The molecule has 2 aliphatic carbocycles. The molecule has 0 bridgehead atoms. The molecule has 0 saturated carbocycles. The van der Waals surface area contributed by atoms with Crippen molar-refractivity contribution < 1.29 is 0 Å². The van der Waals surface area contributed by atoms with Crippen LogP contribution >= 0.6 is 12.2 Å². The van der Waals surface area contributed by atoms with E-state index in [1.807, 2.05) is 24.3 Å². The fourth-order valence-electron chi connectivity index (χ4n) is 4.85. The van der Waals surface area contributed by atoms with Gasteiger partial charge in [-0.15, -0.1) is 0 Å². The molecule has 0 fully saturated rings. The number of hydrogen-bond donors (Lipinski definition) is 2. The molecule has 0 aliphatic heterocycles. The van der Waals surface area contributed by atoms with E-state index >= 15 is 0 Å². The molecule has 1 aromatic carbocycles. The zero-order chi connectivity index (χ0) is 20.1. The molecule has 150 valence electrons. The third-order valence-corrected chi connectivity index (χ3v) is 6.49. The summed E-state index contributed by atoms with van der Waals surface area (Å²) in [5.41, 5.74) is 9.03. The number of aromatic nitrogens is 5. The SMILES string of the molecule is S=c1cc(Cc2ccccn2)nc2nc(Nc3c4c(cc5c3CCC5)CCC4)[nH]n12. The number of benzene rings is 1. The lowest BCUT2D eigenvalue weighted by molar-refractivity contribution is 0.894. The number of nitrogens with one attached hydrogen (secondary N) is 2. The first-order chi connectivity index (χ1) is 14.7. The van der Waals surface area contributed by atoms with Crippen molar-refractivity contribution in [3.63, 3.8) is 0 Å². The minimum atomic E-state index is 0.583. The van der Waals surface area contributed by atoms with Gasteiger partial charge in [0.1, 0.15) is 4.64 Å². The van der Waals surface area contributed by atoms with Crippen LogP contribution in [-0.2, 0) is 32.1 Å². The second-order valence-electron chi connectivity index (χ2n) is 8.15. The fourth-order valence-corrected chi connectivity index (χ4v) is 5.11. The Morgan fingerprint density at radius 1 is 0.967 bits per heavy atom. The van der Waals surface area contributed by atoms with Crippen molar-refractivity contribution in [2.24, 2.45) is 0 Å². The predicted molar refractivity (Wildman–Crippen MR) is 119 cm³/mol. The van der Waals surface area contributed by atoms with Crippen molar-refractivity contribution in [3.05, 3.63) is 74.8 Å². The molecule has 6 rings (SSSR count). The van der Waals surface area contributed by atoms with E-state index < -0.39 is 0 Å². The third-order valence-electron chi connectivity index (χ3n) is 6.19. The number of aromatic amines is 1. The number of fused-ring (bicyclic) bond motifs is 3. The number of nitrogens with zero attached hydrogens (tertiary/aromatic N) is 4. The van der Waals surface area contributed by atoms with Crippen LogP contribution in [0.4, 0.5) is 11.6 Å². The minimum absolute atomic E-state index is 0.583. The van der Waals surface area contributed by atoms with Gasteiger partial charge in [-0.05, 0) is 79.0 Å². The molecule has 30 heavy (non-hydrogen) atoms. The molecule has 0 radical (unpaired) electrons. The van der Waals surface area contributed by atoms with Crippen LogP contribution in [0.3, 0.4) is 0 Å². The average Bonchev–Trinajstić information content (AvgIpc) is 3.47. The first-order valence-electron chi connectivity index (χ1n) is 10.6. The molecule has 2 aliphatic rings. The summed E-state index contributed by atoms with van der Waals surface area (Å²) in [5.74, 6) is 1.28. The van der Waals surface area contributed by atoms with Gasteiger partial charge in [-0.2, -0.15) is 4.98 Å². The number of H-pyrrole nitrogens is 1. The second-order valence-corrected chi connectivity index (χ2v) is 8.57. The van der Waals surface area contributed by atoms with E-state index in [0.29, 0.717) is 22.8 Å². The third kappa shape index (κ3) is 3.01. The van der Waals surface area contributed by atoms with Crippen molar-refractivity contribution in [2.45, 2.75) is 44.9 Å². The molecule has 0 saturated heterocycles. The second kappa shape index (κ2) is 7.02. The van der Waals surface area contributed by atoms with Crippen LogP contribution in [0.1, 0.15) is 46.5 Å². The van der Waals surface area contributed by atoms with Crippen molar-refractivity contribution in [1.29, 1.82) is 0 Å². The summed E-state index contributed by atoms with van der Waals surface area (Å²) in [6.07, 6.45) is 9.53. The molecule has 0 spiro atoms. The van der Waals surface area contributed by atoms with Gasteiger partial charge in [-0.1, -0.05) is 24.4 Å². The highest BCUT2D eigenvalue weighted by Gasteiger charge is 2.24. The molecule has 0 amide bonds. The number of aryl methyl sites for hydroxylation is 2. The van der Waals surface area contributed by atoms with E-state index in [9.17, 15) is 0 Å². The lowest BCUT2D eigenvalue weighted by atomic mass is 9.99. The Morgan fingerprint density at radius 3 is 2.50 bits per heavy atom. The van der Waals surface area contributed by atoms with Crippen LogP contribution in [0.15, 0.2) is 36.5 Å². The van der Waals surface area contributed by atoms with Gasteiger partial charge in [-0.3, -0.25) is 10.1 Å². The van der Waals surface area contributed by atoms with E-state index in [1.54, 1.807) is 10.7 Å². The molecule has 3 aromatic heterocycles. The minimum Gasteiger partial charge on any atom is -0.324 e. The molecule has 7 heteroatoms. The van der Waals surface area contributed by atoms with Gasteiger partial charge in [0, 0.05) is 24.0 Å². The Balaban J connectivity index is 1.38. The van der Waals surface area contributed by atoms with E-state index in [-0.39, 0.29) is 0 Å². The van der Waals surface area contributed by atoms with Gasteiger partial charge in [0.25, 0.3) is 5.78 Å². The summed E-state index contributed by atoms with van der Waals surface area (Å²) in [6, 6.07) is 10.2. The molecule has 0 atom stereocenters. The standard InChI is InChI=1S/C23H22N6S/c30-20-13-17(12-16-7-1-2-10-24-16)25-23-27-22(28-29(20)23)26-21-18-8-3-5-14(18)11-15-6-4-9-19(15)21/h1-2,7,10-11,13H,3-6,8-9,12H2,(H2,25,26,27,28). The molecule has 6 nitrogen and oxygen atoms in total. The quantitative estimate of drug-likeness (QED) is 0.481. The van der Waals surface area contributed by atoms with Crippen molar-refractivity contribution >= 4 is 29.6 Å². The van der Waals surface area contributed by atoms with E-state index in [1.165, 1.54) is 53.6 Å². The predicted octanol–water partition coefficient (Wildman–Crippen LogP) is 4.49. The van der Waals surface area contributed by atoms with Crippen molar-refractivity contribution in [3.8, 4) is 0 Å². The Kier molecular flexibility index (Phi) is 4.16. The zero-order valence-electron chi connectivity index (χ0n) is 16.6. The van der Waals surface area contributed by atoms with Gasteiger partial charge in [0.2, 0.25) is 5.95 Å². The first kappa shape index (κ1) is 17.8. The Labute approximate surface area is 179 Å². The Morgan fingerprint density at radius 2 is 1.77 bits per heavy atom. The number of hydrogen-bond acceptors (Lipinski definition) is 5. The zero-order valence-corrected chi connectivity index (χ0v) is 17.4. The van der Waals surface area contributed by atoms with E-state index in [4.69, 9.17) is 22.2 Å². The summed E-state index contributed by atoms with van der Waals surface area (Å²) in [4.78, 5) is 13.8. The van der Waals surface area contributed by atoms with Crippen LogP contribution in [0, 0.1) is 4.64 Å². The molecule has 3 heterocycles. The van der Waals surface area contributed by atoms with Crippen LogP contribution in [0.2, 0.25) is 0 Å². The topological polar surface area (TPSA) is 70.9 Å². The first-order valence-corrected chi connectivity index (χ1v) is 11.0. The van der Waals surface area contributed by atoms with Gasteiger partial charge >= 0.3 is 0 Å². The maximum Gasteiger partial charge on any atom is 0.253 e. The smallest absolute Gasteiger partial charge is 0.253 e. The van der Waals surface area contributed by atoms with Crippen LogP contribution in [0.25, 0.3) is 5.78 Å². The summed E-state index contributed by atoms with van der Waals surface area (Å²) in [5, 5.41) is 6.90. The summed E-state index contributed by atoms with van der Waals surface area (Å²) < 4.78 is 2.43. The van der Waals surface area contributed by atoms with E-state index in [0.717, 1.165) is 24.2 Å². The average molecular weight is 415 g/mol. The fraction of sp³-hybridized carbons (Fsp3) is 0.304. The summed E-state index contributed by atoms with van der Waals surface area (Å²) >= 11 is 5.60. The van der Waals surface area contributed by atoms with Gasteiger partial charge in [0.15, 0.2) is 0 Å². The molecule has 2 N–H and O–H groups in total. The molecule has 4 aromatic rings. The van der Waals surface area contributed by atoms with Gasteiger partial charge < -0.3 is 5.32 Å². The number of rotatable bonds is 4. The highest BCUT2D eigenvalue weighted by molar-refractivity contribution is 7.71. The van der Waals surface area contributed by atoms with Gasteiger partial charge in [0.05, 0.1) is 5.69 Å². The van der Waals surface area contributed by atoms with Crippen molar-refractivity contribution in [2.75, 3.05) is 5.32 Å². The molecular weight excluding hydrogens is 392 g/mol. The molecule has 0 unspecified atom stereocenters. The maximum absolute atomic E-state index is 5.60.